The van der Waals surface area contributed by atoms with Gasteiger partial charge in [0.25, 0.3) is 0 Å². The Morgan fingerprint density at radius 1 is 1.42 bits per heavy atom. The number of amides is 1. The van der Waals surface area contributed by atoms with E-state index >= 15 is 0 Å². The lowest BCUT2D eigenvalue weighted by molar-refractivity contribution is 0.253. The molecule has 19 heavy (non-hydrogen) atoms. The summed E-state index contributed by atoms with van der Waals surface area (Å²) in [5.74, 6) is -0.721. The van der Waals surface area contributed by atoms with E-state index in [1.165, 1.54) is 18.7 Å². The van der Waals surface area contributed by atoms with Crippen LogP contribution < -0.4 is 5.32 Å². The second-order valence-electron chi connectivity index (χ2n) is 3.81. The van der Waals surface area contributed by atoms with E-state index in [0.29, 0.717) is 0 Å². The molecule has 1 aromatic carbocycles. The minimum absolute atomic E-state index is 0.0742. The van der Waals surface area contributed by atoms with Gasteiger partial charge in [-0.2, -0.15) is 0 Å². The first-order chi connectivity index (χ1) is 8.88. The Bertz CT molecular complexity index is 711. The maximum Gasteiger partial charge on any atom is 0.331 e. The molecule has 1 aromatic heterocycles. The number of imidazole rings is 1. The quantitative estimate of drug-likeness (QED) is 0.847. The zero-order valence-corrected chi connectivity index (χ0v) is 10.7. The fourth-order valence-electron chi connectivity index (χ4n) is 1.39. The summed E-state index contributed by atoms with van der Waals surface area (Å²) in [6, 6.07) is 2.55. The minimum Gasteiger partial charge on any atom is -0.304 e. The first-order valence-corrected chi connectivity index (χ1v) is 7.06. The maximum absolute atomic E-state index is 13.5. The highest BCUT2D eigenvalue weighted by Crippen LogP contribution is 2.19. The van der Waals surface area contributed by atoms with Crippen LogP contribution in [0.2, 0.25) is 0 Å². The Kier molecular flexibility index (Phi) is 3.34. The van der Waals surface area contributed by atoms with E-state index in [9.17, 15) is 17.6 Å². The molecule has 1 N–H and O–H groups in total. The van der Waals surface area contributed by atoms with Crippen molar-refractivity contribution in [2.75, 3.05) is 11.6 Å². The van der Waals surface area contributed by atoms with E-state index < -0.39 is 21.7 Å². The summed E-state index contributed by atoms with van der Waals surface area (Å²) < 4.78 is 37.4. The molecule has 0 fully saturated rings. The van der Waals surface area contributed by atoms with Crippen LogP contribution in [-0.2, 0) is 9.84 Å². The van der Waals surface area contributed by atoms with Crippen LogP contribution in [-0.4, -0.2) is 30.3 Å². The molecule has 2 rings (SSSR count). The first-order valence-electron chi connectivity index (χ1n) is 5.17. The lowest BCUT2D eigenvalue weighted by Crippen LogP contribution is -2.18. The summed E-state index contributed by atoms with van der Waals surface area (Å²) in [6.45, 7) is 0. The number of aromatic nitrogens is 2. The number of nitrogens with zero attached hydrogens (tertiary/aromatic N) is 2. The molecule has 0 atom stereocenters. The molecule has 8 heteroatoms. The standard InChI is InChI=1S/C11H10FN3O3S/c1-19(17,18)8-2-3-9(12)10(6-8)14-11(16)15-5-4-13-7-15/h2-7H,1H3,(H,14,16). The van der Waals surface area contributed by atoms with E-state index in [-0.39, 0.29) is 10.6 Å². The third kappa shape index (κ3) is 2.97. The largest absolute Gasteiger partial charge is 0.331 e. The molecule has 0 saturated carbocycles. The number of carbonyl (C=O) groups excluding carboxylic acids is 1. The molecule has 0 bridgehead atoms. The maximum atomic E-state index is 13.5. The lowest BCUT2D eigenvalue weighted by atomic mass is 10.3. The van der Waals surface area contributed by atoms with Crippen molar-refractivity contribution < 1.29 is 17.6 Å². The number of anilines is 1. The van der Waals surface area contributed by atoms with Gasteiger partial charge in [-0.25, -0.2) is 22.6 Å². The summed E-state index contributed by atoms with van der Waals surface area (Å²) in [5, 5.41) is 2.27. The van der Waals surface area contributed by atoms with Gasteiger partial charge in [0, 0.05) is 18.6 Å². The van der Waals surface area contributed by atoms with Gasteiger partial charge in [0.2, 0.25) is 0 Å². The van der Waals surface area contributed by atoms with Crippen molar-refractivity contribution >= 4 is 21.6 Å². The van der Waals surface area contributed by atoms with Crippen molar-refractivity contribution in [3.63, 3.8) is 0 Å². The average Bonchev–Trinajstić information content (AvgIpc) is 2.84. The van der Waals surface area contributed by atoms with Gasteiger partial charge in [0.1, 0.15) is 12.1 Å². The minimum atomic E-state index is -3.47. The predicted molar refractivity (Wildman–Crippen MR) is 66.2 cm³/mol. The van der Waals surface area contributed by atoms with Gasteiger partial charge in [0.05, 0.1) is 10.6 Å². The SMILES string of the molecule is CS(=O)(=O)c1ccc(F)c(NC(=O)n2ccnc2)c1. The molecule has 0 unspecified atom stereocenters. The fraction of sp³-hybridized carbons (Fsp3) is 0.0909. The van der Waals surface area contributed by atoms with Crippen LogP contribution in [0.4, 0.5) is 14.9 Å². The highest BCUT2D eigenvalue weighted by molar-refractivity contribution is 7.90. The number of hydrogen-bond acceptors (Lipinski definition) is 4. The Morgan fingerprint density at radius 2 is 2.16 bits per heavy atom. The Morgan fingerprint density at radius 3 is 2.74 bits per heavy atom. The van der Waals surface area contributed by atoms with E-state index in [4.69, 9.17) is 0 Å². The molecule has 0 saturated heterocycles. The van der Waals surface area contributed by atoms with Crippen molar-refractivity contribution in [3.05, 3.63) is 42.7 Å². The molecule has 0 aliphatic rings. The Balaban J connectivity index is 2.32. The zero-order chi connectivity index (χ0) is 14.0. The van der Waals surface area contributed by atoms with Gasteiger partial charge in [-0.3, -0.25) is 4.57 Å². The number of halogens is 1. The third-order valence-electron chi connectivity index (χ3n) is 2.35. The normalized spacial score (nSPS) is 11.3. The van der Waals surface area contributed by atoms with Crippen LogP contribution in [0, 0.1) is 5.82 Å². The summed E-state index contributed by atoms with van der Waals surface area (Å²) in [6.07, 6.45) is 5.02. The number of hydrogen-bond donors (Lipinski definition) is 1. The van der Waals surface area contributed by atoms with Crippen LogP contribution in [0.25, 0.3) is 0 Å². The fourth-order valence-corrected chi connectivity index (χ4v) is 2.04. The Hall–Kier alpha value is -2.22. The molecule has 0 aliphatic heterocycles. The molecule has 0 spiro atoms. The highest BCUT2D eigenvalue weighted by Gasteiger charge is 2.13. The van der Waals surface area contributed by atoms with Crippen LogP contribution in [0.5, 0.6) is 0 Å². The second kappa shape index (κ2) is 4.81. The molecule has 0 aliphatic carbocycles. The Labute approximate surface area is 108 Å². The van der Waals surface area contributed by atoms with Crippen molar-refractivity contribution in [1.82, 2.24) is 9.55 Å². The van der Waals surface area contributed by atoms with Gasteiger partial charge >= 0.3 is 6.03 Å². The van der Waals surface area contributed by atoms with E-state index in [1.54, 1.807) is 0 Å². The smallest absolute Gasteiger partial charge is 0.304 e. The molecule has 100 valence electrons. The van der Waals surface area contributed by atoms with Gasteiger partial charge in [-0.15, -0.1) is 0 Å². The van der Waals surface area contributed by atoms with Gasteiger partial charge in [-0.05, 0) is 18.2 Å². The van der Waals surface area contributed by atoms with Gasteiger partial charge in [-0.1, -0.05) is 0 Å². The molecule has 2 aromatic rings. The highest BCUT2D eigenvalue weighted by atomic mass is 32.2. The van der Waals surface area contributed by atoms with E-state index in [1.807, 2.05) is 0 Å². The number of benzene rings is 1. The van der Waals surface area contributed by atoms with Crippen LogP contribution in [0.1, 0.15) is 0 Å². The van der Waals surface area contributed by atoms with Crippen molar-refractivity contribution in [2.24, 2.45) is 0 Å². The molecular weight excluding hydrogens is 273 g/mol. The summed E-state index contributed by atoms with van der Waals surface area (Å²) in [5.41, 5.74) is -0.207. The number of nitrogens with one attached hydrogen (secondary N) is 1. The monoisotopic (exact) mass is 283 g/mol. The number of carbonyl (C=O) groups is 1. The van der Waals surface area contributed by atoms with Crippen molar-refractivity contribution in [3.8, 4) is 0 Å². The van der Waals surface area contributed by atoms with Crippen LogP contribution in [0.3, 0.4) is 0 Å². The summed E-state index contributed by atoms with van der Waals surface area (Å²) in [7, 11) is -3.47. The average molecular weight is 283 g/mol. The molecule has 1 heterocycles. The molecule has 0 radical (unpaired) electrons. The zero-order valence-electron chi connectivity index (χ0n) is 9.87. The third-order valence-corrected chi connectivity index (χ3v) is 3.46. The molecule has 6 nitrogen and oxygen atoms in total. The van der Waals surface area contributed by atoms with Crippen molar-refractivity contribution in [2.45, 2.75) is 4.90 Å². The predicted octanol–water partition coefficient (Wildman–Crippen LogP) is 1.51. The van der Waals surface area contributed by atoms with Gasteiger partial charge < -0.3 is 5.32 Å². The van der Waals surface area contributed by atoms with Crippen molar-refractivity contribution in [1.29, 1.82) is 0 Å². The second-order valence-corrected chi connectivity index (χ2v) is 5.83. The van der Waals surface area contributed by atoms with E-state index in [2.05, 4.69) is 10.3 Å². The van der Waals surface area contributed by atoms with Gasteiger partial charge in [0.15, 0.2) is 9.84 Å². The lowest BCUT2D eigenvalue weighted by Gasteiger charge is -2.08. The molecular formula is C11H10FN3O3S. The summed E-state index contributed by atoms with van der Waals surface area (Å²) >= 11 is 0. The number of sulfone groups is 1. The van der Waals surface area contributed by atoms with Crippen LogP contribution >= 0.6 is 0 Å². The summed E-state index contributed by atoms with van der Waals surface area (Å²) in [4.78, 5) is 15.3. The number of rotatable bonds is 2. The topological polar surface area (TPSA) is 81.1 Å². The molecule has 1 amide bonds. The first kappa shape index (κ1) is 13.2. The van der Waals surface area contributed by atoms with Crippen LogP contribution in [0.15, 0.2) is 41.8 Å². The van der Waals surface area contributed by atoms with E-state index in [0.717, 1.165) is 29.0 Å².